The summed E-state index contributed by atoms with van der Waals surface area (Å²) < 4.78 is 6.33. The molecule has 2 heterocycles. The van der Waals surface area contributed by atoms with Gasteiger partial charge in [-0.15, -0.1) is 0 Å². The first-order chi connectivity index (χ1) is 8.47. The first-order valence-corrected chi connectivity index (χ1v) is 5.56. The lowest BCUT2D eigenvalue weighted by Crippen LogP contribution is -2.27. The van der Waals surface area contributed by atoms with Gasteiger partial charge in [0.05, 0.1) is 17.7 Å². The number of nitrogens with zero attached hydrogens (tertiary/aromatic N) is 4. The molecule has 0 saturated heterocycles. The predicted molar refractivity (Wildman–Crippen MR) is 63.9 cm³/mol. The molecule has 0 aliphatic carbocycles. The average Bonchev–Trinajstić information content (AvgIpc) is 2.87. The Balaban J connectivity index is 2.06. The molecule has 0 bridgehead atoms. The Hall–Kier alpha value is -2.18. The topological polar surface area (TPSA) is 85.8 Å². The zero-order valence-electron chi connectivity index (χ0n) is 10.5. The molecule has 0 aliphatic rings. The first-order valence-electron chi connectivity index (χ1n) is 5.56. The number of hydrogen-bond donors (Lipinski definition) is 1. The number of carbonyl (C=O) groups is 1. The maximum Gasteiger partial charge on any atom is 0.232 e. The van der Waals surface area contributed by atoms with Crippen molar-refractivity contribution in [3.05, 3.63) is 24.4 Å². The molecule has 0 fully saturated rings. The minimum atomic E-state index is -0.243. The number of rotatable bonds is 3. The van der Waals surface area contributed by atoms with E-state index in [-0.39, 0.29) is 17.9 Å². The summed E-state index contributed by atoms with van der Waals surface area (Å²) in [5, 5.41) is 10.5. The summed E-state index contributed by atoms with van der Waals surface area (Å²) in [7, 11) is 0. The van der Waals surface area contributed by atoms with Crippen LogP contribution in [-0.4, -0.2) is 25.8 Å². The molecule has 0 unspecified atom stereocenters. The van der Waals surface area contributed by atoms with E-state index in [1.165, 1.54) is 12.6 Å². The van der Waals surface area contributed by atoms with Gasteiger partial charge >= 0.3 is 0 Å². The quantitative estimate of drug-likeness (QED) is 0.883. The van der Waals surface area contributed by atoms with Crippen molar-refractivity contribution >= 4 is 11.9 Å². The number of anilines is 1. The summed E-state index contributed by atoms with van der Waals surface area (Å²) in [5.41, 5.74) is 0.335. The Labute approximate surface area is 104 Å². The van der Waals surface area contributed by atoms with Crippen molar-refractivity contribution in [1.82, 2.24) is 19.9 Å². The lowest BCUT2D eigenvalue weighted by molar-refractivity contribution is -0.115. The summed E-state index contributed by atoms with van der Waals surface area (Å²) in [6.45, 7) is 5.94. The Morgan fingerprint density at radius 2 is 2.28 bits per heavy atom. The van der Waals surface area contributed by atoms with Crippen LogP contribution in [0.25, 0.3) is 0 Å². The lowest BCUT2D eigenvalue weighted by Gasteiger charge is -2.20. The van der Waals surface area contributed by atoms with Gasteiger partial charge in [0.1, 0.15) is 12.6 Å². The number of carbonyl (C=O) groups excluding carboxylic acids is 1. The van der Waals surface area contributed by atoms with E-state index < -0.39 is 0 Å². The molecule has 2 aromatic rings. The molecule has 0 saturated carbocycles. The van der Waals surface area contributed by atoms with Crippen molar-refractivity contribution in [2.45, 2.75) is 32.7 Å². The molecular weight excluding hydrogens is 234 g/mol. The third kappa shape index (κ3) is 2.73. The van der Waals surface area contributed by atoms with E-state index in [2.05, 4.69) is 25.1 Å². The molecule has 0 atom stereocenters. The number of aromatic nitrogens is 4. The van der Waals surface area contributed by atoms with Crippen LogP contribution in [0, 0.1) is 0 Å². The Morgan fingerprint density at radius 3 is 2.89 bits per heavy atom. The van der Waals surface area contributed by atoms with Gasteiger partial charge in [-0.05, 0) is 20.8 Å². The molecule has 0 aliphatic heterocycles. The summed E-state index contributed by atoms with van der Waals surface area (Å²) in [6.07, 6.45) is 2.99. The fourth-order valence-electron chi connectivity index (χ4n) is 1.48. The molecule has 18 heavy (non-hydrogen) atoms. The van der Waals surface area contributed by atoms with Gasteiger partial charge in [0.25, 0.3) is 0 Å². The van der Waals surface area contributed by atoms with Crippen molar-refractivity contribution in [1.29, 1.82) is 0 Å². The fourth-order valence-corrected chi connectivity index (χ4v) is 1.48. The van der Waals surface area contributed by atoms with Gasteiger partial charge in [-0.1, -0.05) is 5.16 Å². The molecular formula is C11H15N5O2. The van der Waals surface area contributed by atoms with Crippen LogP contribution < -0.4 is 5.32 Å². The highest BCUT2D eigenvalue weighted by Gasteiger charge is 2.20. The van der Waals surface area contributed by atoms with E-state index in [9.17, 15) is 4.79 Å². The van der Waals surface area contributed by atoms with Crippen LogP contribution in [0.3, 0.4) is 0 Å². The monoisotopic (exact) mass is 249 g/mol. The van der Waals surface area contributed by atoms with Gasteiger partial charge in [0.2, 0.25) is 11.9 Å². The highest BCUT2D eigenvalue weighted by Crippen LogP contribution is 2.17. The predicted octanol–water partition coefficient (Wildman–Crippen LogP) is 1.20. The third-order valence-corrected chi connectivity index (χ3v) is 2.27. The molecule has 1 amide bonds. The fraction of sp³-hybridized carbons (Fsp3) is 0.455. The molecule has 7 heteroatoms. The Morgan fingerprint density at radius 1 is 1.50 bits per heavy atom. The highest BCUT2D eigenvalue weighted by atomic mass is 16.5. The third-order valence-electron chi connectivity index (χ3n) is 2.27. The molecule has 2 rings (SSSR count). The summed E-state index contributed by atoms with van der Waals surface area (Å²) >= 11 is 0. The van der Waals surface area contributed by atoms with Gasteiger partial charge in [0, 0.05) is 6.07 Å². The maximum atomic E-state index is 11.8. The zero-order chi connectivity index (χ0) is 13.2. The summed E-state index contributed by atoms with van der Waals surface area (Å²) in [5.74, 6) is 0.221. The van der Waals surface area contributed by atoms with E-state index in [0.717, 1.165) is 0 Å². The molecule has 1 N–H and O–H groups in total. The average molecular weight is 249 g/mol. The van der Waals surface area contributed by atoms with Gasteiger partial charge < -0.3 is 4.52 Å². The van der Waals surface area contributed by atoms with Crippen LogP contribution in [0.1, 0.15) is 26.5 Å². The smallest absolute Gasteiger partial charge is 0.232 e. The van der Waals surface area contributed by atoms with Crippen molar-refractivity contribution in [3.63, 3.8) is 0 Å². The lowest BCUT2D eigenvalue weighted by atomic mass is 10.1. The normalized spacial score (nSPS) is 11.5. The van der Waals surface area contributed by atoms with E-state index in [4.69, 9.17) is 0 Å². The van der Waals surface area contributed by atoms with E-state index >= 15 is 0 Å². The van der Waals surface area contributed by atoms with Crippen LogP contribution in [-0.2, 0) is 16.8 Å². The molecule has 0 radical (unpaired) electrons. The van der Waals surface area contributed by atoms with Crippen LogP contribution in [0.4, 0.5) is 5.95 Å². The van der Waals surface area contributed by atoms with Gasteiger partial charge in [0.15, 0.2) is 0 Å². The molecule has 96 valence electrons. The number of hydrogen-bond acceptors (Lipinski definition) is 5. The second-order valence-electron chi connectivity index (χ2n) is 4.88. The SMILES string of the molecule is CC(C)(C)n1ncnc1NC(=O)Cc1ccon1. The molecule has 7 nitrogen and oxygen atoms in total. The number of nitrogens with one attached hydrogen (secondary N) is 1. The second kappa shape index (κ2) is 4.59. The van der Waals surface area contributed by atoms with Gasteiger partial charge in [-0.3, -0.25) is 10.1 Å². The second-order valence-corrected chi connectivity index (χ2v) is 4.88. The van der Waals surface area contributed by atoms with Crippen molar-refractivity contribution in [2.75, 3.05) is 5.32 Å². The van der Waals surface area contributed by atoms with Crippen LogP contribution in [0.5, 0.6) is 0 Å². The van der Waals surface area contributed by atoms with E-state index in [1.54, 1.807) is 10.7 Å². The molecule has 0 spiro atoms. The first kappa shape index (κ1) is 12.3. The molecule has 0 aromatic carbocycles. The summed E-state index contributed by atoms with van der Waals surface area (Å²) in [4.78, 5) is 15.8. The van der Waals surface area contributed by atoms with Crippen LogP contribution in [0.15, 0.2) is 23.2 Å². The largest absolute Gasteiger partial charge is 0.364 e. The maximum absolute atomic E-state index is 11.8. The van der Waals surface area contributed by atoms with Crippen LogP contribution in [0.2, 0.25) is 0 Å². The summed E-state index contributed by atoms with van der Waals surface area (Å²) in [6, 6.07) is 1.65. The van der Waals surface area contributed by atoms with Crippen molar-refractivity contribution in [2.24, 2.45) is 0 Å². The van der Waals surface area contributed by atoms with Crippen molar-refractivity contribution < 1.29 is 9.32 Å². The van der Waals surface area contributed by atoms with Crippen molar-refractivity contribution in [3.8, 4) is 0 Å². The standard InChI is InChI=1S/C11H15N5O2/c1-11(2,3)16-10(12-7-13-16)14-9(17)6-8-4-5-18-15-8/h4-5,7H,6H2,1-3H3,(H,12,13,14,17). The van der Waals surface area contributed by atoms with Gasteiger partial charge in [-0.2, -0.15) is 10.1 Å². The Bertz CT molecular complexity index is 524. The van der Waals surface area contributed by atoms with E-state index in [0.29, 0.717) is 11.6 Å². The minimum absolute atomic E-state index is 0.146. The highest BCUT2D eigenvalue weighted by molar-refractivity contribution is 5.90. The minimum Gasteiger partial charge on any atom is -0.364 e. The zero-order valence-corrected chi connectivity index (χ0v) is 10.5. The number of amides is 1. The van der Waals surface area contributed by atoms with Gasteiger partial charge in [-0.25, -0.2) is 4.68 Å². The van der Waals surface area contributed by atoms with E-state index in [1.807, 2.05) is 20.8 Å². The van der Waals surface area contributed by atoms with Crippen LogP contribution >= 0.6 is 0 Å². The molecule has 2 aromatic heterocycles. The Kier molecular flexibility index (Phi) is 3.14.